The van der Waals surface area contributed by atoms with E-state index in [1.54, 1.807) is 7.11 Å². The SMILES string of the molecule is COC(C)C(C)(CCO)C(C)N. The standard InChI is InChI=1S/C9H21NO2/c1-7(10)9(3,5-6-11)8(2)12-4/h7-8,11H,5-6,10H2,1-4H3. The van der Waals surface area contributed by atoms with Crippen LogP contribution in [0.2, 0.25) is 0 Å². The molecule has 0 aromatic rings. The van der Waals surface area contributed by atoms with Gasteiger partial charge in [-0.2, -0.15) is 0 Å². The summed E-state index contributed by atoms with van der Waals surface area (Å²) in [7, 11) is 1.67. The van der Waals surface area contributed by atoms with E-state index < -0.39 is 0 Å². The summed E-state index contributed by atoms with van der Waals surface area (Å²) in [5.74, 6) is 0. The van der Waals surface area contributed by atoms with Crippen molar-refractivity contribution in [1.82, 2.24) is 0 Å². The quantitative estimate of drug-likeness (QED) is 0.648. The van der Waals surface area contributed by atoms with E-state index in [9.17, 15) is 0 Å². The van der Waals surface area contributed by atoms with Crippen LogP contribution in [-0.4, -0.2) is 31.0 Å². The van der Waals surface area contributed by atoms with E-state index in [0.717, 1.165) is 0 Å². The van der Waals surface area contributed by atoms with E-state index in [-0.39, 0.29) is 24.2 Å². The Kier molecular flexibility index (Phi) is 4.75. The first kappa shape index (κ1) is 11.9. The third-order valence-electron chi connectivity index (χ3n) is 2.97. The number of methoxy groups -OCH3 is 1. The van der Waals surface area contributed by atoms with Crippen molar-refractivity contribution < 1.29 is 9.84 Å². The molecule has 0 aliphatic rings. The highest BCUT2D eigenvalue weighted by molar-refractivity contribution is 4.87. The topological polar surface area (TPSA) is 55.5 Å². The molecule has 0 aliphatic heterocycles. The van der Waals surface area contributed by atoms with Gasteiger partial charge in [0.2, 0.25) is 0 Å². The van der Waals surface area contributed by atoms with E-state index in [4.69, 9.17) is 15.6 Å². The Morgan fingerprint density at radius 3 is 2.25 bits per heavy atom. The normalized spacial score (nSPS) is 21.5. The van der Waals surface area contributed by atoms with Crippen molar-refractivity contribution in [2.45, 2.75) is 39.3 Å². The first-order chi connectivity index (χ1) is 5.49. The van der Waals surface area contributed by atoms with Crippen LogP contribution in [0.15, 0.2) is 0 Å². The maximum atomic E-state index is 8.88. The third-order valence-corrected chi connectivity index (χ3v) is 2.97. The highest BCUT2D eigenvalue weighted by Crippen LogP contribution is 2.30. The van der Waals surface area contributed by atoms with E-state index in [1.807, 2.05) is 20.8 Å². The minimum Gasteiger partial charge on any atom is -0.396 e. The Hall–Kier alpha value is -0.120. The lowest BCUT2D eigenvalue weighted by molar-refractivity contribution is -0.0156. The summed E-state index contributed by atoms with van der Waals surface area (Å²) in [5, 5.41) is 8.88. The zero-order valence-corrected chi connectivity index (χ0v) is 8.50. The van der Waals surface area contributed by atoms with Crippen LogP contribution in [0.1, 0.15) is 27.2 Å². The Morgan fingerprint density at radius 2 is 2.00 bits per heavy atom. The second-order valence-electron chi connectivity index (χ2n) is 3.65. The molecule has 0 aromatic heterocycles. The smallest absolute Gasteiger partial charge is 0.0612 e. The van der Waals surface area contributed by atoms with E-state index in [0.29, 0.717) is 6.42 Å². The second kappa shape index (κ2) is 4.80. The number of aliphatic hydroxyl groups is 1. The molecule has 12 heavy (non-hydrogen) atoms. The van der Waals surface area contributed by atoms with Gasteiger partial charge < -0.3 is 15.6 Å². The van der Waals surface area contributed by atoms with Gasteiger partial charge in [0.05, 0.1) is 6.10 Å². The molecule has 0 saturated carbocycles. The minimum atomic E-state index is -0.135. The summed E-state index contributed by atoms with van der Waals surface area (Å²) >= 11 is 0. The van der Waals surface area contributed by atoms with Crippen LogP contribution < -0.4 is 5.73 Å². The molecule has 0 rings (SSSR count). The number of ether oxygens (including phenoxy) is 1. The second-order valence-corrected chi connectivity index (χ2v) is 3.65. The van der Waals surface area contributed by atoms with Crippen LogP contribution in [0.25, 0.3) is 0 Å². The van der Waals surface area contributed by atoms with Gasteiger partial charge in [0.15, 0.2) is 0 Å². The number of hydrogen-bond donors (Lipinski definition) is 2. The first-order valence-corrected chi connectivity index (χ1v) is 4.38. The molecule has 0 spiro atoms. The summed E-state index contributed by atoms with van der Waals surface area (Å²) < 4.78 is 5.24. The molecule has 3 heteroatoms. The third kappa shape index (κ3) is 2.44. The minimum absolute atomic E-state index is 0.0274. The van der Waals surface area contributed by atoms with Crippen molar-refractivity contribution >= 4 is 0 Å². The lowest BCUT2D eigenvalue weighted by atomic mass is 9.76. The molecule has 3 unspecified atom stereocenters. The van der Waals surface area contributed by atoms with Crippen molar-refractivity contribution in [2.24, 2.45) is 11.1 Å². The van der Waals surface area contributed by atoms with Crippen LogP contribution in [0.5, 0.6) is 0 Å². The largest absolute Gasteiger partial charge is 0.396 e. The van der Waals surface area contributed by atoms with Gasteiger partial charge in [-0.15, -0.1) is 0 Å². The van der Waals surface area contributed by atoms with E-state index in [1.165, 1.54) is 0 Å². The highest BCUT2D eigenvalue weighted by Gasteiger charge is 2.34. The zero-order chi connectivity index (χ0) is 9.78. The molecule has 74 valence electrons. The van der Waals surface area contributed by atoms with Crippen molar-refractivity contribution in [3.8, 4) is 0 Å². The molecule has 0 radical (unpaired) electrons. The Balaban J connectivity index is 4.37. The molecule has 0 saturated heterocycles. The van der Waals surface area contributed by atoms with Crippen LogP contribution in [0, 0.1) is 5.41 Å². The van der Waals surface area contributed by atoms with Gasteiger partial charge in [0.25, 0.3) is 0 Å². The highest BCUT2D eigenvalue weighted by atomic mass is 16.5. The van der Waals surface area contributed by atoms with Crippen LogP contribution >= 0.6 is 0 Å². The predicted molar refractivity (Wildman–Crippen MR) is 49.9 cm³/mol. The summed E-state index contributed by atoms with van der Waals surface area (Å²) in [6.45, 7) is 6.14. The van der Waals surface area contributed by atoms with Crippen LogP contribution in [-0.2, 0) is 4.74 Å². The lowest BCUT2D eigenvalue weighted by Gasteiger charge is -2.37. The Labute approximate surface area is 74.9 Å². The molecule has 0 amide bonds. The van der Waals surface area contributed by atoms with Gasteiger partial charge in [-0.3, -0.25) is 0 Å². The predicted octanol–water partition coefficient (Wildman–Crippen LogP) is 0.757. The summed E-state index contributed by atoms with van der Waals surface area (Å²) in [5.41, 5.74) is 5.71. The fourth-order valence-electron chi connectivity index (χ4n) is 1.31. The summed E-state index contributed by atoms with van der Waals surface area (Å²) in [6, 6.07) is 0.0274. The molecular formula is C9H21NO2. The van der Waals surface area contributed by atoms with Crippen molar-refractivity contribution in [3.63, 3.8) is 0 Å². The molecule has 3 N–H and O–H groups in total. The fraction of sp³-hybridized carbons (Fsp3) is 1.00. The van der Waals surface area contributed by atoms with Crippen molar-refractivity contribution in [3.05, 3.63) is 0 Å². The van der Waals surface area contributed by atoms with Crippen molar-refractivity contribution in [2.75, 3.05) is 13.7 Å². The molecular weight excluding hydrogens is 154 g/mol. The average Bonchev–Trinajstić information content (AvgIpc) is 2.03. The van der Waals surface area contributed by atoms with Crippen LogP contribution in [0.3, 0.4) is 0 Å². The molecule has 0 bridgehead atoms. The maximum Gasteiger partial charge on any atom is 0.0612 e. The molecule has 0 aliphatic carbocycles. The Morgan fingerprint density at radius 1 is 1.50 bits per heavy atom. The fourth-order valence-corrected chi connectivity index (χ4v) is 1.31. The van der Waals surface area contributed by atoms with Gasteiger partial charge in [-0.1, -0.05) is 6.92 Å². The lowest BCUT2D eigenvalue weighted by Crippen LogP contribution is -2.46. The van der Waals surface area contributed by atoms with Gasteiger partial charge >= 0.3 is 0 Å². The monoisotopic (exact) mass is 175 g/mol. The number of hydrogen-bond acceptors (Lipinski definition) is 3. The summed E-state index contributed by atoms with van der Waals surface area (Å²) in [4.78, 5) is 0. The maximum absolute atomic E-state index is 8.88. The average molecular weight is 175 g/mol. The van der Waals surface area contributed by atoms with Crippen LogP contribution in [0.4, 0.5) is 0 Å². The van der Waals surface area contributed by atoms with Crippen molar-refractivity contribution in [1.29, 1.82) is 0 Å². The molecule has 3 atom stereocenters. The number of rotatable bonds is 5. The van der Waals surface area contributed by atoms with Gasteiger partial charge in [0.1, 0.15) is 0 Å². The Bertz CT molecular complexity index is 128. The number of nitrogens with two attached hydrogens (primary N) is 1. The number of aliphatic hydroxyl groups excluding tert-OH is 1. The first-order valence-electron chi connectivity index (χ1n) is 4.38. The van der Waals surface area contributed by atoms with E-state index >= 15 is 0 Å². The summed E-state index contributed by atoms with van der Waals surface area (Å²) in [6.07, 6.45) is 0.754. The molecule has 0 aromatic carbocycles. The molecule has 3 nitrogen and oxygen atoms in total. The molecule has 0 fully saturated rings. The molecule has 0 heterocycles. The van der Waals surface area contributed by atoms with E-state index in [2.05, 4.69) is 0 Å². The van der Waals surface area contributed by atoms with Gasteiger partial charge in [0, 0.05) is 25.2 Å². The zero-order valence-electron chi connectivity index (χ0n) is 8.50. The van der Waals surface area contributed by atoms with Gasteiger partial charge in [-0.05, 0) is 20.3 Å². The van der Waals surface area contributed by atoms with Gasteiger partial charge in [-0.25, -0.2) is 0 Å².